The second kappa shape index (κ2) is 7.64. The van der Waals surface area contributed by atoms with E-state index in [0.717, 1.165) is 17.8 Å². The number of anilines is 1. The Morgan fingerprint density at radius 2 is 1.76 bits per heavy atom. The highest BCUT2D eigenvalue weighted by molar-refractivity contribution is 7.80. The van der Waals surface area contributed by atoms with Crippen molar-refractivity contribution in [3.8, 4) is 0 Å². The maximum absolute atomic E-state index is 6.28. The first-order valence-corrected chi connectivity index (χ1v) is 7.75. The average molecular weight is 339 g/mol. The zero-order valence-corrected chi connectivity index (χ0v) is 13.8. The summed E-state index contributed by atoms with van der Waals surface area (Å²) in [6, 6.07) is 15.8. The van der Waals surface area contributed by atoms with Crippen molar-refractivity contribution in [3.05, 3.63) is 64.1 Å². The lowest BCUT2D eigenvalue weighted by Crippen LogP contribution is -2.27. The van der Waals surface area contributed by atoms with Crippen molar-refractivity contribution in [3.63, 3.8) is 0 Å². The van der Waals surface area contributed by atoms with E-state index in [2.05, 4.69) is 17.0 Å². The van der Waals surface area contributed by atoms with Gasteiger partial charge in [0.2, 0.25) is 0 Å². The molecule has 0 amide bonds. The maximum atomic E-state index is 6.28. The van der Waals surface area contributed by atoms with E-state index in [1.165, 1.54) is 0 Å². The third kappa shape index (κ3) is 4.60. The zero-order chi connectivity index (χ0) is 15.2. The minimum atomic E-state index is 0.508. The standard InChI is InChI=1S/C16H16Cl2N2S/c17-14-8-4-5-12(16(14)18)11-20(10-9-15(19)21)13-6-2-1-3-7-13/h1-8H,9-11H2,(H2,19,21). The summed E-state index contributed by atoms with van der Waals surface area (Å²) in [5.74, 6) is 0. The van der Waals surface area contributed by atoms with Gasteiger partial charge in [-0.1, -0.05) is 65.8 Å². The van der Waals surface area contributed by atoms with E-state index in [-0.39, 0.29) is 0 Å². The van der Waals surface area contributed by atoms with E-state index < -0.39 is 0 Å². The van der Waals surface area contributed by atoms with Crippen LogP contribution in [-0.2, 0) is 6.54 Å². The van der Waals surface area contributed by atoms with Gasteiger partial charge in [0.1, 0.15) is 0 Å². The molecule has 0 saturated carbocycles. The molecule has 21 heavy (non-hydrogen) atoms. The van der Waals surface area contributed by atoms with Crippen LogP contribution in [0, 0.1) is 0 Å². The van der Waals surface area contributed by atoms with E-state index in [0.29, 0.717) is 28.0 Å². The fourth-order valence-corrected chi connectivity index (χ4v) is 2.53. The molecule has 2 nitrogen and oxygen atoms in total. The highest BCUT2D eigenvalue weighted by Crippen LogP contribution is 2.28. The first-order valence-electron chi connectivity index (χ1n) is 6.59. The molecule has 0 saturated heterocycles. The molecule has 0 bridgehead atoms. The van der Waals surface area contributed by atoms with Crippen LogP contribution < -0.4 is 10.6 Å². The van der Waals surface area contributed by atoms with Gasteiger partial charge in [-0.3, -0.25) is 0 Å². The van der Waals surface area contributed by atoms with Gasteiger partial charge in [0, 0.05) is 25.2 Å². The summed E-state index contributed by atoms with van der Waals surface area (Å²) in [5, 5.41) is 1.16. The van der Waals surface area contributed by atoms with Gasteiger partial charge in [0.15, 0.2) is 0 Å². The summed E-state index contributed by atoms with van der Waals surface area (Å²) < 4.78 is 0. The van der Waals surface area contributed by atoms with Gasteiger partial charge >= 0.3 is 0 Å². The van der Waals surface area contributed by atoms with Crippen molar-refractivity contribution in [2.45, 2.75) is 13.0 Å². The molecule has 0 heterocycles. The van der Waals surface area contributed by atoms with Crippen LogP contribution in [0.3, 0.4) is 0 Å². The van der Waals surface area contributed by atoms with Crippen molar-refractivity contribution in [1.29, 1.82) is 0 Å². The summed E-state index contributed by atoms with van der Waals surface area (Å²) in [5.41, 5.74) is 7.71. The lowest BCUT2D eigenvalue weighted by molar-refractivity contribution is 0.807. The van der Waals surface area contributed by atoms with Crippen LogP contribution in [0.15, 0.2) is 48.5 Å². The Bertz CT molecular complexity index is 617. The van der Waals surface area contributed by atoms with Crippen LogP contribution in [0.25, 0.3) is 0 Å². The van der Waals surface area contributed by atoms with Gasteiger partial charge in [-0.15, -0.1) is 0 Å². The Balaban J connectivity index is 2.23. The molecule has 0 unspecified atom stereocenters. The third-order valence-electron chi connectivity index (χ3n) is 3.14. The third-order valence-corrected chi connectivity index (χ3v) is 4.20. The van der Waals surface area contributed by atoms with Crippen LogP contribution in [0.1, 0.15) is 12.0 Å². The summed E-state index contributed by atoms with van der Waals surface area (Å²) in [6.45, 7) is 1.40. The summed E-state index contributed by atoms with van der Waals surface area (Å²) >= 11 is 17.3. The molecule has 0 atom stereocenters. The molecule has 0 spiro atoms. The summed E-state index contributed by atoms with van der Waals surface area (Å²) in [6.07, 6.45) is 0.655. The summed E-state index contributed by atoms with van der Waals surface area (Å²) in [4.78, 5) is 2.70. The number of hydrogen-bond acceptors (Lipinski definition) is 2. The topological polar surface area (TPSA) is 29.3 Å². The molecule has 0 radical (unpaired) electrons. The number of rotatable bonds is 6. The van der Waals surface area contributed by atoms with Crippen LogP contribution in [0.5, 0.6) is 0 Å². The zero-order valence-electron chi connectivity index (χ0n) is 11.4. The number of thiocarbonyl (C=S) groups is 1. The summed E-state index contributed by atoms with van der Waals surface area (Å²) in [7, 11) is 0. The van der Waals surface area contributed by atoms with Gasteiger partial charge in [-0.05, 0) is 23.8 Å². The number of halogens is 2. The molecule has 110 valence electrons. The largest absolute Gasteiger partial charge is 0.393 e. The second-order valence-corrected chi connectivity index (χ2v) is 6.00. The van der Waals surface area contributed by atoms with E-state index >= 15 is 0 Å². The highest BCUT2D eigenvalue weighted by Gasteiger charge is 2.11. The minimum Gasteiger partial charge on any atom is -0.393 e. The lowest BCUT2D eigenvalue weighted by Gasteiger charge is -2.25. The van der Waals surface area contributed by atoms with Crippen molar-refractivity contribution < 1.29 is 0 Å². The van der Waals surface area contributed by atoms with Gasteiger partial charge < -0.3 is 10.6 Å². The molecule has 0 aromatic heterocycles. The molecule has 2 aromatic rings. The highest BCUT2D eigenvalue weighted by atomic mass is 35.5. The Morgan fingerprint density at radius 1 is 1.05 bits per heavy atom. The molecule has 2 rings (SSSR count). The van der Waals surface area contributed by atoms with Gasteiger partial charge in [0.05, 0.1) is 15.0 Å². The SMILES string of the molecule is NC(=S)CCN(Cc1cccc(Cl)c1Cl)c1ccccc1. The van der Waals surface area contributed by atoms with Crippen LogP contribution in [0.2, 0.25) is 10.0 Å². The lowest BCUT2D eigenvalue weighted by atomic mass is 10.2. The predicted molar refractivity (Wildman–Crippen MR) is 95.4 cm³/mol. The first kappa shape index (κ1) is 16.1. The monoisotopic (exact) mass is 338 g/mol. The van der Waals surface area contributed by atoms with Crippen LogP contribution >= 0.6 is 35.4 Å². The number of nitrogens with zero attached hydrogens (tertiary/aromatic N) is 1. The fourth-order valence-electron chi connectivity index (χ4n) is 2.06. The molecule has 2 N–H and O–H groups in total. The van der Waals surface area contributed by atoms with Crippen LogP contribution in [-0.4, -0.2) is 11.5 Å². The van der Waals surface area contributed by atoms with Gasteiger partial charge in [0.25, 0.3) is 0 Å². The normalized spacial score (nSPS) is 10.4. The van der Waals surface area contributed by atoms with Crippen molar-refractivity contribution in [2.75, 3.05) is 11.4 Å². The van der Waals surface area contributed by atoms with E-state index in [1.54, 1.807) is 6.07 Å². The number of benzene rings is 2. The number of hydrogen-bond donors (Lipinski definition) is 1. The predicted octanol–water partition coefficient (Wildman–Crippen LogP) is 4.68. The van der Waals surface area contributed by atoms with E-state index in [1.807, 2.05) is 30.3 Å². The maximum Gasteiger partial charge on any atom is 0.0745 e. The molecular weight excluding hydrogens is 323 g/mol. The van der Waals surface area contributed by atoms with E-state index in [4.69, 9.17) is 41.2 Å². The second-order valence-electron chi connectivity index (χ2n) is 4.69. The number of para-hydroxylation sites is 1. The molecule has 0 fully saturated rings. The number of nitrogens with two attached hydrogens (primary N) is 1. The smallest absolute Gasteiger partial charge is 0.0745 e. The van der Waals surface area contributed by atoms with Gasteiger partial charge in [-0.25, -0.2) is 0 Å². The van der Waals surface area contributed by atoms with Crippen LogP contribution in [0.4, 0.5) is 5.69 Å². The quantitative estimate of drug-likeness (QED) is 0.775. The molecule has 2 aromatic carbocycles. The van der Waals surface area contributed by atoms with Crippen molar-refractivity contribution in [2.24, 2.45) is 5.73 Å². The molecule has 5 heteroatoms. The average Bonchev–Trinajstić information content (AvgIpc) is 2.48. The Hall–Kier alpha value is -1.29. The molecular formula is C16H16Cl2N2S. The molecule has 0 aliphatic heterocycles. The van der Waals surface area contributed by atoms with Crippen molar-refractivity contribution in [1.82, 2.24) is 0 Å². The fraction of sp³-hybridized carbons (Fsp3) is 0.188. The van der Waals surface area contributed by atoms with Crippen molar-refractivity contribution >= 4 is 46.1 Å². The molecule has 0 aliphatic rings. The van der Waals surface area contributed by atoms with E-state index in [9.17, 15) is 0 Å². The first-order chi connectivity index (χ1) is 10.1. The van der Waals surface area contributed by atoms with Gasteiger partial charge in [-0.2, -0.15) is 0 Å². The Labute approximate surface area is 140 Å². The molecule has 0 aliphatic carbocycles. The minimum absolute atomic E-state index is 0.508. The Kier molecular flexibility index (Phi) is 5.85. The Morgan fingerprint density at radius 3 is 2.43 bits per heavy atom.